The lowest BCUT2D eigenvalue weighted by atomic mass is 10.2. The molecule has 3 nitrogen and oxygen atoms in total. The maximum atomic E-state index is 8.71. The molecule has 1 saturated heterocycles. The molecule has 0 radical (unpaired) electrons. The quantitative estimate of drug-likeness (QED) is 0.673. The monoisotopic (exact) mass is 187 g/mol. The molecule has 1 aliphatic rings. The van der Waals surface area contributed by atoms with E-state index in [0.717, 1.165) is 24.5 Å². The van der Waals surface area contributed by atoms with Crippen molar-refractivity contribution in [3.8, 4) is 6.07 Å². The van der Waals surface area contributed by atoms with Crippen molar-refractivity contribution in [2.24, 2.45) is 0 Å². The summed E-state index contributed by atoms with van der Waals surface area (Å²) in [6.07, 6.45) is 4.16. The highest BCUT2D eigenvalue weighted by atomic mass is 15.2. The largest absolute Gasteiger partial charge is 0.356 e. The number of hydrogen-bond donors (Lipinski definition) is 0. The summed E-state index contributed by atoms with van der Waals surface area (Å²) in [4.78, 5) is 6.62. The topological polar surface area (TPSA) is 39.9 Å². The van der Waals surface area contributed by atoms with E-state index in [9.17, 15) is 0 Å². The molecule has 0 amide bonds. The predicted molar refractivity (Wildman–Crippen MR) is 55.1 cm³/mol. The maximum Gasteiger partial charge on any atom is 0.131 e. The van der Waals surface area contributed by atoms with Crippen LogP contribution in [0.4, 0.5) is 5.82 Å². The second-order valence-corrected chi connectivity index (χ2v) is 3.67. The van der Waals surface area contributed by atoms with Gasteiger partial charge in [-0.15, -0.1) is 0 Å². The van der Waals surface area contributed by atoms with Gasteiger partial charge in [-0.05, 0) is 31.4 Å². The number of hydrogen-bond acceptors (Lipinski definition) is 3. The van der Waals surface area contributed by atoms with Gasteiger partial charge >= 0.3 is 0 Å². The second-order valence-electron chi connectivity index (χ2n) is 3.67. The Kier molecular flexibility index (Phi) is 2.36. The third kappa shape index (κ3) is 1.56. The summed E-state index contributed by atoms with van der Waals surface area (Å²) in [7, 11) is 0. The molecule has 14 heavy (non-hydrogen) atoms. The van der Waals surface area contributed by atoms with E-state index in [0.29, 0.717) is 5.56 Å². The number of anilines is 1. The maximum absolute atomic E-state index is 8.71. The fourth-order valence-electron chi connectivity index (χ4n) is 1.89. The number of nitrogens with zero attached hydrogens (tertiary/aromatic N) is 3. The van der Waals surface area contributed by atoms with E-state index < -0.39 is 0 Å². The first kappa shape index (κ1) is 9.01. The molecule has 0 aromatic carbocycles. The molecule has 0 saturated carbocycles. The molecule has 1 fully saturated rings. The molecule has 1 aromatic heterocycles. The van der Waals surface area contributed by atoms with Crippen LogP contribution in [0.2, 0.25) is 0 Å². The Balaban J connectivity index is 2.30. The molecule has 2 rings (SSSR count). The highest BCUT2D eigenvalue weighted by Crippen LogP contribution is 2.21. The zero-order valence-electron chi connectivity index (χ0n) is 8.32. The van der Waals surface area contributed by atoms with Crippen molar-refractivity contribution in [3.63, 3.8) is 0 Å². The molecular weight excluding hydrogens is 174 g/mol. The van der Waals surface area contributed by atoms with Crippen LogP contribution in [0.5, 0.6) is 0 Å². The number of aryl methyl sites for hydroxylation is 1. The van der Waals surface area contributed by atoms with E-state index in [4.69, 9.17) is 5.26 Å². The lowest BCUT2D eigenvalue weighted by Gasteiger charge is -2.18. The Bertz CT molecular complexity index is 373. The van der Waals surface area contributed by atoms with E-state index in [1.165, 1.54) is 12.8 Å². The van der Waals surface area contributed by atoms with Crippen LogP contribution in [0.3, 0.4) is 0 Å². The molecule has 72 valence electrons. The summed E-state index contributed by atoms with van der Waals surface area (Å²) in [5, 5.41) is 8.71. The zero-order valence-corrected chi connectivity index (χ0v) is 8.32. The van der Waals surface area contributed by atoms with Gasteiger partial charge in [0.05, 0.1) is 5.56 Å². The minimum atomic E-state index is 0.644. The van der Waals surface area contributed by atoms with E-state index in [-0.39, 0.29) is 0 Å². The predicted octanol–water partition coefficient (Wildman–Crippen LogP) is 1.86. The van der Waals surface area contributed by atoms with Crippen LogP contribution in [0.25, 0.3) is 0 Å². The molecule has 0 spiro atoms. The van der Waals surface area contributed by atoms with Gasteiger partial charge in [0.2, 0.25) is 0 Å². The van der Waals surface area contributed by atoms with E-state index in [1.807, 2.05) is 13.0 Å². The van der Waals surface area contributed by atoms with Gasteiger partial charge in [-0.25, -0.2) is 4.98 Å². The Labute approximate surface area is 84.0 Å². The van der Waals surface area contributed by atoms with E-state index in [2.05, 4.69) is 16.0 Å². The van der Waals surface area contributed by atoms with Crippen LogP contribution < -0.4 is 4.90 Å². The summed E-state index contributed by atoms with van der Waals surface area (Å²) in [6, 6.07) is 4.01. The molecule has 2 heterocycles. The first-order valence-corrected chi connectivity index (χ1v) is 4.93. The number of nitriles is 1. The Hall–Kier alpha value is -1.56. The van der Waals surface area contributed by atoms with Crippen molar-refractivity contribution in [3.05, 3.63) is 23.4 Å². The van der Waals surface area contributed by atoms with Gasteiger partial charge < -0.3 is 4.90 Å². The molecule has 1 aliphatic heterocycles. The fraction of sp³-hybridized carbons (Fsp3) is 0.455. The standard InChI is InChI=1S/C11H13N3/c1-9-6-10(7-12)8-13-11(9)14-4-2-3-5-14/h6,8H,2-5H2,1H3. The van der Waals surface area contributed by atoms with Gasteiger partial charge in [-0.1, -0.05) is 0 Å². The lowest BCUT2D eigenvalue weighted by molar-refractivity contribution is 0.927. The van der Waals surface area contributed by atoms with Crippen LogP contribution in [-0.2, 0) is 0 Å². The van der Waals surface area contributed by atoms with Gasteiger partial charge in [0.15, 0.2) is 0 Å². The second kappa shape index (κ2) is 3.67. The minimum Gasteiger partial charge on any atom is -0.356 e. The smallest absolute Gasteiger partial charge is 0.131 e. The average molecular weight is 187 g/mol. The Morgan fingerprint density at radius 3 is 2.71 bits per heavy atom. The van der Waals surface area contributed by atoms with Crippen molar-refractivity contribution in [1.29, 1.82) is 5.26 Å². The lowest BCUT2D eigenvalue weighted by Crippen LogP contribution is -2.20. The number of aromatic nitrogens is 1. The fourth-order valence-corrected chi connectivity index (χ4v) is 1.89. The van der Waals surface area contributed by atoms with Crippen LogP contribution in [0.15, 0.2) is 12.3 Å². The van der Waals surface area contributed by atoms with Gasteiger partial charge in [-0.3, -0.25) is 0 Å². The molecule has 3 heteroatoms. The minimum absolute atomic E-state index is 0.644. The first-order valence-electron chi connectivity index (χ1n) is 4.93. The zero-order chi connectivity index (χ0) is 9.97. The van der Waals surface area contributed by atoms with Crippen molar-refractivity contribution in [1.82, 2.24) is 4.98 Å². The first-order chi connectivity index (χ1) is 6.81. The molecule has 0 atom stereocenters. The molecule has 0 aliphatic carbocycles. The summed E-state index contributed by atoms with van der Waals surface area (Å²) >= 11 is 0. The van der Waals surface area contributed by atoms with Crippen molar-refractivity contribution in [2.45, 2.75) is 19.8 Å². The normalized spacial score (nSPS) is 15.6. The molecule has 0 N–H and O–H groups in total. The van der Waals surface area contributed by atoms with Gasteiger partial charge in [-0.2, -0.15) is 5.26 Å². The molecule has 0 bridgehead atoms. The van der Waals surface area contributed by atoms with Gasteiger partial charge in [0.25, 0.3) is 0 Å². The third-order valence-corrected chi connectivity index (χ3v) is 2.59. The van der Waals surface area contributed by atoms with E-state index >= 15 is 0 Å². The van der Waals surface area contributed by atoms with Crippen LogP contribution in [0.1, 0.15) is 24.0 Å². The van der Waals surface area contributed by atoms with E-state index in [1.54, 1.807) is 6.20 Å². The van der Waals surface area contributed by atoms with Crippen molar-refractivity contribution >= 4 is 5.82 Å². The summed E-state index contributed by atoms with van der Waals surface area (Å²) in [6.45, 7) is 4.21. The molecule has 1 aromatic rings. The Morgan fingerprint density at radius 2 is 2.14 bits per heavy atom. The van der Waals surface area contributed by atoms with Gasteiger partial charge in [0.1, 0.15) is 11.9 Å². The summed E-state index contributed by atoms with van der Waals surface area (Å²) < 4.78 is 0. The van der Waals surface area contributed by atoms with Crippen molar-refractivity contribution < 1.29 is 0 Å². The molecule has 0 unspecified atom stereocenters. The van der Waals surface area contributed by atoms with Crippen LogP contribution in [0, 0.1) is 18.3 Å². The van der Waals surface area contributed by atoms with Crippen molar-refractivity contribution in [2.75, 3.05) is 18.0 Å². The Morgan fingerprint density at radius 1 is 1.43 bits per heavy atom. The van der Waals surface area contributed by atoms with Gasteiger partial charge in [0, 0.05) is 19.3 Å². The average Bonchev–Trinajstić information content (AvgIpc) is 2.70. The SMILES string of the molecule is Cc1cc(C#N)cnc1N1CCCC1. The summed E-state index contributed by atoms with van der Waals surface area (Å²) in [5.74, 6) is 1.04. The highest BCUT2D eigenvalue weighted by molar-refractivity contribution is 5.49. The summed E-state index contributed by atoms with van der Waals surface area (Å²) in [5.41, 5.74) is 1.75. The number of pyridine rings is 1. The van der Waals surface area contributed by atoms with Crippen LogP contribution >= 0.6 is 0 Å². The number of rotatable bonds is 1. The van der Waals surface area contributed by atoms with Crippen LogP contribution in [-0.4, -0.2) is 18.1 Å². The molecular formula is C11H13N3. The third-order valence-electron chi connectivity index (χ3n) is 2.59. The highest BCUT2D eigenvalue weighted by Gasteiger charge is 2.15.